The van der Waals surface area contributed by atoms with Gasteiger partial charge >= 0.3 is 6.09 Å². The van der Waals surface area contributed by atoms with Crippen LogP contribution in [0.25, 0.3) is 11.1 Å². The van der Waals surface area contributed by atoms with Crippen LogP contribution in [0.1, 0.15) is 52.7 Å². The Morgan fingerprint density at radius 1 is 1.10 bits per heavy atom. The monoisotopic (exact) mass is 579 g/mol. The SMILES string of the molecule is CNCc1ccc(C(=O)N2CCC[C@@H]([C@@](O)(CCCNC(=O)OC)c3cccc(F)c3-c3cccc(C)c3)C2)c(F)c1. The summed E-state index contributed by atoms with van der Waals surface area (Å²) in [6.45, 7) is 3.22. The number of aryl methyl sites for hydroxylation is 1. The Labute approximate surface area is 245 Å². The number of ether oxygens (including phenoxy) is 1. The lowest BCUT2D eigenvalue weighted by Gasteiger charge is -2.43. The number of benzene rings is 3. The molecule has 0 aromatic heterocycles. The number of aliphatic hydroxyl groups is 1. The number of carbonyl (C=O) groups is 2. The molecule has 224 valence electrons. The highest BCUT2D eigenvalue weighted by Crippen LogP contribution is 2.44. The van der Waals surface area contributed by atoms with E-state index >= 15 is 4.39 Å². The maximum atomic E-state index is 15.6. The van der Waals surface area contributed by atoms with Gasteiger partial charge in [-0.05, 0) is 74.5 Å². The zero-order chi connectivity index (χ0) is 30.3. The van der Waals surface area contributed by atoms with Crippen LogP contribution in [0, 0.1) is 24.5 Å². The summed E-state index contributed by atoms with van der Waals surface area (Å²) < 4.78 is 35.2. The van der Waals surface area contributed by atoms with Gasteiger partial charge in [0.2, 0.25) is 0 Å². The largest absolute Gasteiger partial charge is 0.453 e. The summed E-state index contributed by atoms with van der Waals surface area (Å²) in [5, 5.41) is 18.2. The highest BCUT2D eigenvalue weighted by atomic mass is 19.1. The smallest absolute Gasteiger partial charge is 0.406 e. The Kier molecular flexibility index (Phi) is 10.3. The summed E-state index contributed by atoms with van der Waals surface area (Å²) in [5.74, 6) is -1.96. The zero-order valence-corrected chi connectivity index (χ0v) is 24.4. The molecule has 0 bridgehead atoms. The maximum absolute atomic E-state index is 15.6. The number of piperidine rings is 1. The first-order chi connectivity index (χ1) is 20.2. The van der Waals surface area contributed by atoms with Gasteiger partial charge in [0.15, 0.2) is 0 Å². The first-order valence-electron chi connectivity index (χ1n) is 14.3. The van der Waals surface area contributed by atoms with Crippen molar-refractivity contribution in [2.24, 2.45) is 5.92 Å². The normalized spacial score (nSPS) is 16.5. The first-order valence-corrected chi connectivity index (χ1v) is 14.3. The highest BCUT2D eigenvalue weighted by Gasteiger charge is 2.43. The number of halogens is 2. The lowest BCUT2D eigenvalue weighted by molar-refractivity contribution is -0.0565. The molecular formula is C33H39F2N3O4. The zero-order valence-electron chi connectivity index (χ0n) is 24.4. The van der Waals surface area contributed by atoms with Gasteiger partial charge in [0.1, 0.15) is 11.6 Å². The van der Waals surface area contributed by atoms with Crippen LogP contribution in [-0.2, 0) is 16.9 Å². The number of carbonyl (C=O) groups excluding carboxylic acids is 2. The number of amides is 2. The lowest BCUT2D eigenvalue weighted by atomic mass is 9.72. The summed E-state index contributed by atoms with van der Waals surface area (Å²) in [5.41, 5.74) is 1.48. The summed E-state index contributed by atoms with van der Waals surface area (Å²) in [6, 6.07) is 16.7. The summed E-state index contributed by atoms with van der Waals surface area (Å²) in [6.07, 6.45) is 1.16. The molecule has 0 unspecified atom stereocenters. The predicted octanol–water partition coefficient (Wildman–Crippen LogP) is 5.54. The molecule has 0 aliphatic carbocycles. The molecule has 3 aromatic carbocycles. The fraction of sp³-hybridized carbons (Fsp3) is 0.394. The van der Waals surface area contributed by atoms with Crippen LogP contribution >= 0.6 is 0 Å². The minimum Gasteiger partial charge on any atom is -0.453 e. The van der Waals surface area contributed by atoms with Crippen molar-refractivity contribution < 1.29 is 28.2 Å². The van der Waals surface area contributed by atoms with Crippen LogP contribution in [0.3, 0.4) is 0 Å². The Hall–Kier alpha value is -3.82. The van der Waals surface area contributed by atoms with Crippen molar-refractivity contribution in [1.29, 1.82) is 0 Å². The van der Waals surface area contributed by atoms with E-state index in [-0.39, 0.29) is 25.1 Å². The van der Waals surface area contributed by atoms with Crippen molar-refractivity contribution >= 4 is 12.0 Å². The van der Waals surface area contributed by atoms with E-state index in [0.29, 0.717) is 49.0 Å². The van der Waals surface area contributed by atoms with Gasteiger partial charge in [-0.1, -0.05) is 48.0 Å². The molecule has 1 aliphatic rings. The average molecular weight is 580 g/mol. The molecule has 0 radical (unpaired) electrons. The van der Waals surface area contributed by atoms with E-state index in [0.717, 1.165) is 11.1 Å². The van der Waals surface area contributed by atoms with E-state index < -0.39 is 35.2 Å². The molecule has 3 aromatic rings. The van der Waals surface area contributed by atoms with E-state index in [9.17, 15) is 19.1 Å². The van der Waals surface area contributed by atoms with Crippen molar-refractivity contribution in [3.8, 4) is 11.1 Å². The van der Waals surface area contributed by atoms with Crippen molar-refractivity contribution in [3.63, 3.8) is 0 Å². The molecular weight excluding hydrogens is 540 g/mol. The third-order valence-corrected chi connectivity index (χ3v) is 8.00. The fourth-order valence-electron chi connectivity index (χ4n) is 5.93. The molecule has 2 amide bonds. The average Bonchev–Trinajstić information content (AvgIpc) is 2.99. The van der Waals surface area contributed by atoms with Crippen LogP contribution in [0.4, 0.5) is 13.6 Å². The number of hydrogen-bond donors (Lipinski definition) is 3. The quantitative estimate of drug-likeness (QED) is 0.275. The molecule has 0 spiro atoms. The molecule has 2 atom stereocenters. The van der Waals surface area contributed by atoms with Crippen LogP contribution in [0.15, 0.2) is 60.7 Å². The number of hydrogen-bond acceptors (Lipinski definition) is 5. The Balaban J connectivity index is 1.69. The van der Waals surface area contributed by atoms with Gasteiger partial charge in [-0.3, -0.25) is 4.79 Å². The van der Waals surface area contributed by atoms with Crippen LogP contribution in [-0.4, -0.2) is 55.8 Å². The van der Waals surface area contributed by atoms with Gasteiger partial charge in [-0.15, -0.1) is 0 Å². The van der Waals surface area contributed by atoms with Gasteiger partial charge in [-0.2, -0.15) is 0 Å². The van der Waals surface area contributed by atoms with Gasteiger partial charge in [0.05, 0.1) is 18.3 Å². The predicted molar refractivity (Wildman–Crippen MR) is 158 cm³/mol. The first kappa shape index (κ1) is 31.1. The number of methoxy groups -OCH3 is 1. The molecule has 9 heteroatoms. The number of nitrogens with one attached hydrogen (secondary N) is 2. The molecule has 42 heavy (non-hydrogen) atoms. The van der Waals surface area contributed by atoms with E-state index in [2.05, 4.69) is 15.4 Å². The second-order valence-corrected chi connectivity index (χ2v) is 10.9. The fourth-order valence-corrected chi connectivity index (χ4v) is 5.93. The Morgan fingerprint density at radius 3 is 2.60 bits per heavy atom. The van der Waals surface area contributed by atoms with Crippen molar-refractivity contribution in [1.82, 2.24) is 15.5 Å². The van der Waals surface area contributed by atoms with Crippen molar-refractivity contribution in [2.75, 3.05) is 33.8 Å². The van der Waals surface area contributed by atoms with Gasteiger partial charge < -0.3 is 25.4 Å². The summed E-state index contributed by atoms with van der Waals surface area (Å²) >= 11 is 0. The van der Waals surface area contributed by atoms with Gasteiger partial charge in [0.25, 0.3) is 5.91 Å². The summed E-state index contributed by atoms with van der Waals surface area (Å²) in [7, 11) is 3.04. The third kappa shape index (κ3) is 6.97. The van der Waals surface area contributed by atoms with Gasteiger partial charge in [-0.25, -0.2) is 13.6 Å². The molecule has 0 saturated carbocycles. The van der Waals surface area contributed by atoms with Crippen LogP contribution in [0.5, 0.6) is 0 Å². The second kappa shape index (κ2) is 13.9. The Bertz CT molecular complexity index is 1420. The van der Waals surface area contributed by atoms with Crippen molar-refractivity contribution in [3.05, 3.63) is 94.6 Å². The number of rotatable bonds is 10. The molecule has 4 rings (SSSR count). The third-order valence-electron chi connectivity index (χ3n) is 8.00. The molecule has 1 fully saturated rings. The molecule has 3 N–H and O–H groups in total. The number of alkyl carbamates (subject to hydrolysis) is 1. The number of nitrogens with zero attached hydrogens (tertiary/aromatic N) is 1. The molecule has 1 aliphatic heterocycles. The Morgan fingerprint density at radius 2 is 1.88 bits per heavy atom. The van der Waals surface area contributed by atoms with Crippen LogP contribution in [0.2, 0.25) is 0 Å². The second-order valence-electron chi connectivity index (χ2n) is 10.9. The lowest BCUT2D eigenvalue weighted by Crippen LogP contribution is -2.48. The molecule has 7 nitrogen and oxygen atoms in total. The minimum absolute atomic E-state index is 0.0208. The van der Waals surface area contributed by atoms with Crippen molar-refractivity contribution in [2.45, 2.75) is 44.8 Å². The topological polar surface area (TPSA) is 90.9 Å². The standard InChI is InChI=1S/C33H39F2N3O4/c1-22-8-4-9-24(18-22)30-27(11-5-12-28(30)34)33(41,15-7-16-37-32(40)42-3)25-10-6-17-38(21-25)31(39)26-14-13-23(20-36-2)19-29(26)35/h4-5,8-9,11-14,18-19,25,36,41H,6-7,10,15-17,20-21H2,1-3H3,(H,37,40)/t25-,33+/m1/s1. The molecule has 1 heterocycles. The highest BCUT2D eigenvalue weighted by molar-refractivity contribution is 5.94. The van der Waals surface area contributed by atoms with E-state index in [1.54, 1.807) is 30.1 Å². The van der Waals surface area contributed by atoms with Gasteiger partial charge in [0, 0.05) is 37.7 Å². The maximum Gasteiger partial charge on any atom is 0.406 e. The van der Waals surface area contributed by atoms with Crippen LogP contribution < -0.4 is 10.6 Å². The van der Waals surface area contributed by atoms with E-state index in [1.807, 2.05) is 31.2 Å². The minimum atomic E-state index is -1.55. The number of likely N-dealkylation sites (tertiary alicyclic amines) is 1. The molecule has 1 saturated heterocycles. The van der Waals surface area contributed by atoms with E-state index in [4.69, 9.17) is 0 Å². The van der Waals surface area contributed by atoms with E-state index in [1.165, 1.54) is 25.3 Å². The summed E-state index contributed by atoms with van der Waals surface area (Å²) in [4.78, 5) is 26.7.